The Kier molecular flexibility index (Phi) is 4.08. The second kappa shape index (κ2) is 6.33. The summed E-state index contributed by atoms with van der Waals surface area (Å²) in [5.41, 5.74) is 4.19. The van der Waals surface area contributed by atoms with E-state index in [0.717, 1.165) is 27.8 Å². The molecule has 21 heavy (non-hydrogen) atoms. The number of nitrogens with one attached hydrogen (secondary N) is 2. The lowest BCUT2D eigenvalue weighted by atomic mass is 10.2. The second-order valence-corrected chi connectivity index (χ2v) is 5.14. The average molecular weight is 295 g/mol. The number of benzene rings is 3. The van der Waals surface area contributed by atoms with Crippen LogP contribution in [0.1, 0.15) is 0 Å². The Labute approximate surface area is 129 Å². The molecule has 0 amide bonds. The van der Waals surface area contributed by atoms with Crippen LogP contribution in [-0.2, 0) is 0 Å². The zero-order chi connectivity index (χ0) is 14.5. The maximum atomic E-state index is 5.88. The Morgan fingerprint density at radius 2 is 0.857 bits per heavy atom. The highest BCUT2D eigenvalue weighted by atomic mass is 35.5. The molecule has 0 aliphatic heterocycles. The van der Waals surface area contributed by atoms with Crippen LogP contribution >= 0.6 is 11.6 Å². The zero-order valence-corrected chi connectivity index (χ0v) is 12.1. The highest BCUT2D eigenvalue weighted by Crippen LogP contribution is 2.22. The van der Waals surface area contributed by atoms with E-state index in [9.17, 15) is 0 Å². The van der Waals surface area contributed by atoms with Gasteiger partial charge in [-0.3, -0.25) is 0 Å². The molecule has 0 saturated heterocycles. The van der Waals surface area contributed by atoms with Crippen LogP contribution in [0.15, 0.2) is 78.9 Å². The largest absolute Gasteiger partial charge is 0.356 e. The average Bonchev–Trinajstić information content (AvgIpc) is 2.53. The fraction of sp³-hybridized carbons (Fsp3) is 0. The minimum atomic E-state index is 0.739. The van der Waals surface area contributed by atoms with Gasteiger partial charge in [-0.2, -0.15) is 0 Å². The van der Waals surface area contributed by atoms with Crippen LogP contribution < -0.4 is 10.6 Å². The van der Waals surface area contributed by atoms with Gasteiger partial charge in [0.2, 0.25) is 0 Å². The van der Waals surface area contributed by atoms with Crippen molar-refractivity contribution in [2.45, 2.75) is 0 Å². The van der Waals surface area contributed by atoms with Gasteiger partial charge in [0, 0.05) is 27.8 Å². The van der Waals surface area contributed by atoms with Crippen molar-refractivity contribution >= 4 is 34.4 Å². The Hall–Kier alpha value is -2.45. The van der Waals surface area contributed by atoms with Gasteiger partial charge in [0.15, 0.2) is 0 Å². The van der Waals surface area contributed by atoms with Crippen LogP contribution in [0.2, 0.25) is 5.02 Å². The number of hydrogen-bond acceptors (Lipinski definition) is 2. The molecule has 3 aromatic carbocycles. The molecule has 0 heterocycles. The third kappa shape index (κ3) is 3.77. The zero-order valence-electron chi connectivity index (χ0n) is 11.4. The Bertz CT molecular complexity index is 692. The van der Waals surface area contributed by atoms with Crippen molar-refractivity contribution in [1.29, 1.82) is 0 Å². The first-order chi connectivity index (χ1) is 10.3. The number of halogens is 1. The SMILES string of the molecule is Clc1ccc(Nc2ccc(Nc3ccccc3)cc2)cc1. The van der Waals surface area contributed by atoms with E-state index < -0.39 is 0 Å². The van der Waals surface area contributed by atoms with E-state index in [4.69, 9.17) is 11.6 Å². The van der Waals surface area contributed by atoms with Gasteiger partial charge < -0.3 is 10.6 Å². The first-order valence-corrected chi connectivity index (χ1v) is 7.12. The third-order valence-electron chi connectivity index (χ3n) is 3.08. The van der Waals surface area contributed by atoms with E-state index in [1.165, 1.54) is 0 Å². The molecule has 0 aromatic heterocycles. The summed E-state index contributed by atoms with van der Waals surface area (Å²) < 4.78 is 0. The van der Waals surface area contributed by atoms with Crippen LogP contribution in [0.5, 0.6) is 0 Å². The summed E-state index contributed by atoms with van der Waals surface area (Å²) in [5.74, 6) is 0. The molecule has 0 saturated carbocycles. The summed E-state index contributed by atoms with van der Waals surface area (Å²) in [6.07, 6.45) is 0. The van der Waals surface area contributed by atoms with Gasteiger partial charge >= 0.3 is 0 Å². The molecule has 3 heteroatoms. The van der Waals surface area contributed by atoms with Crippen LogP contribution in [0.3, 0.4) is 0 Å². The minimum absolute atomic E-state index is 0.739. The predicted molar refractivity (Wildman–Crippen MR) is 90.9 cm³/mol. The van der Waals surface area contributed by atoms with E-state index in [2.05, 4.69) is 10.6 Å². The predicted octanol–water partition coefficient (Wildman–Crippen LogP) is 5.83. The molecule has 0 spiro atoms. The quantitative estimate of drug-likeness (QED) is 0.633. The first-order valence-electron chi connectivity index (χ1n) is 6.74. The lowest BCUT2D eigenvalue weighted by Gasteiger charge is -2.09. The van der Waals surface area contributed by atoms with E-state index >= 15 is 0 Å². The topological polar surface area (TPSA) is 24.1 Å². The molecule has 2 nitrogen and oxygen atoms in total. The number of rotatable bonds is 4. The fourth-order valence-electron chi connectivity index (χ4n) is 2.02. The highest BCUT2D eigenvalue weighted by molar-refractivity contribution is 6.30. The van der Waals surface area contributed by atoms with Gasteiger partial charge in [0.1, 0.15) is 0 Å². The summed E-state index contributed by atoms with van der Waals surface area (Å²) in [4.78, 5) is 0. The molecule has 0 aliphatic rings. The summed E-state index contributed by atoms with van der Waals surface area (Å²) in [7, 11) is 0. The highest BCUT2D eigenvalue weighted by Gasteiger charge is 1.97. The van der Waals surface area contributed by atoms with Gasteiger partial charge in [-0.25, -0.2) is 0 Å². The van der Waals surface area contributed by atoms with Crippen molar-refractivity contribution in [2.24, 2.45) is 0 Å². The summed E-state index contributed by atoms with van der Waals surface area (Å²) in [6, 6.07) is 25.9. The monoisotopic (exact) mass is 294 g/mol. The molecule has 104 valence electrons. The van der Waals surface area contributed by atoms with Crippen LogP contribution in [0, 0.1) is 0 Å². The smallest absolute Gasteiger partial charge is 0.0407 e. The fourth-order valence-corrected chi connectivity index (χ4v) is 2.15. The van der Waals surface area contributed by atoms with Gasteiger partial charge in [-0.1, -0.05) is 29.8 Å². The minimum Gasteiger partial charge on any atom is -0.356 e. The number of anilines is 4. The lowest BCUT2D eigenvalue weighted by molar-refractivity contribution is 1.52. The van der Waals surface area contributed by atoms with Crippen molar-refractivity contribution in [3.05, 3.63) is 83.9 Å². The third-order valence-corrected chi connectivity index (χ3v) is 3.33. The maximum Gasteiger partial charge on any atom is 0.0407 e. The molecular formula is C18H15ClN2. The summed E-state index contributed by atoms with van der Waals surface area (Å²) in [5, 5.41) is 7.43. The standard InChI is InChI=1S/C18H15ClN2/c19-14-6-8-16(9-7-14)21-18-12-10-17(11-13-18)20-15-4-2-1-3-5-15/h1-13,20-21H. The molecule has 3 rings (SSSR count). The van der Waals surface area contributed by atoms with Crippen LogP contribution in [0.25, 0.3) is 0 Å². The summed E-state index contributed by atoms with van der Waals surface area (Å²) >= 11 is 5.88. The Morgan fingerprint density at radius 1 is 0.476 bits per heavy atom. The molecule has 2 N–H and O–H groups in total. The number of hydrogen-bond donors (Lipinski definition) is 2. The van der Waals surface area contributed by atoms with E-state index in [1.807, 2.05) is 78.9 Å². The van der Waals surface area contributed by atoms with Crippen molar-refractivity contribution in [1.82, 2.24) is 0 Å². The van der Waals surface area contributed by atoms with Crippen LogP contribution in [-0.4, -0.2) is 0 Å². The van der Waals surface area contributed by atoms with Gasteiger partial charge in [-0.15, -0.1) is 0 Å². The second-order valence-electron chi connectivity index (χ2n) is 4.70. The molecule has 0 unspecified atom stereocenters. The van der Waals surface area contributed by atoms with Crippen molar-refractivity contribution in [3.63, 3.8) is 0 Å². The van der Waals surface area contributed by atoms with E-state index in [1.54, 1.807) is 0 Å². The molecule has 0 bridgehead atoms. The van der Waals surface area contributed by atoms with Gasteiger partial charge in [0.05, 0.1) is 0 Å². The van der Waals surface area contributed by atoms with Crippen molar-refractivity contribution in [3.8, 4) is 0 Å². The maximum absolute atomic E-state index is 5.88. The summed E-state index contributed by atoms with van der Waals surface area (Å²) in [6.45, 7) is 0. The Balaban J connectivity index is 1.68. The molecule has 0 aliphatic carbocycles. The van der Waals surface area contributed by atoms with Crippen molar-refractivity contribution < 1.29 is 0 Å². The molecule has 0 fully saturated rings. The van der Waals surface area contributed by atoms with Crippen LogP contribution in [0.4, 0.5) is 22.7 Å². The molecular weight excluding hydrogens is 280 g/mol. The Morgan fingerprint density at radius 3 is 1.33 bits per heavy atom. The molecule has 0 radical (unpaired) electrons. The van der Waals surface area contributed by atoms with Crippen molar-refractivity contribution in [2.75, 3.05) is 10.6 Å². The lowest BCUT2D eigenvalue weighted by Crippen LogP contribution is -1.92. The molecule has 0 atom stereocenters. The first kappa shape index (κ1) is 13.5. The van der Waals surface area contributed by atoms with E-state index in [-0.39, 0.29) is 0 Å². The number of para-hydroxylation sites is 1. The molecule has 3 aromatic rings. The van der Waals surface area contributed by atoms with Gasteiger partial charge in [0.25, 0.3) is 0 Å². The van der Waals surface area contributed by atoms with Gasteiger partial charge in [-0.05, 0) is 60.7 Å². The van der Waals surface area contributed by atoms with E-state index in [0.29, 0.717) is 0 Å². The normalized spacial score (nSPS) is 10.1.